The lowest BCUT2D eigenvalue weighted by Crippen LogP contribution is -2.20. The Balaban J connectivity index is 1.46. The van der Waals surface area contributed by atoms with Gasteiger partial charge in [-0.05, 0) is 54.4 Å². The van der Waals surface area contributed by atoms with Gasteiger partial charge in [-0.1, -0.05) is 42.5 Å². The van der Waals surface area contributed by atoms with Crippen LogP contribution in [0.4, 0.5) is 5.69 Å². The average Bonchev–Trinajstić information content (AvgIpc) is 2.67. The van der Waals surface area contributed by atoms with Crippen LogP contribution >= 0.6 is 0 Å². The van der Waals surface area contributed by atoms with Gasteiger partial charge in [0.05, 0.1) is 0 Å². The smallest absolute Gasteiger partial charge is 0.262 e. The van der Waals surface area contributed by atoms with Crippen LogP contribution in [0.1, 0.15) is 11.1 Å². The number of nitrogens with one attached hydrogen (secondary N) is 1. The van der Waals surface area contributed by atoms with E-state index < -0.39 is 0 Å². The molecule has 26 heavy (non-hydrogen) atoms. The number of carbonyl (C=O) groups excluding carboxylic acids is 1. The van der Waals surface area contributed by atoms with Gasteiger partial charge in [0.15, 0.2) is 6.61 Å². The number of hydrogen-bond donors (Lipinski definition) is 1. The van der Waals surface area contributed by atoms with Crippen molar-refractivity contribution in [2.75, 3.05) is 11.9 Å². The zero-order valence-electron chi connectivity index (χ0n) is 14.6. The summed E-state index contributed by atoms with van der Waals surface area (Å²) in [6, 6.07) is 24.9. The van der Waals surface area contributed by atoms with Crippen molar-refractivity contribution < 1.29 is 14.3 Å². The largest absolute Gasteiger partial charge is 0.489 e. The lowest BCUT2D eigenvalue weighted by molar-refractivity contribution is -0.118. The molecule has 0 saturated heterocycles. The Hall–Kier alpha value is -3.27. The van der Waals surface area contributed by atoms with Gasteiger partial charge in [0.1, 0.15) is 18.1 Å². The van der Waals surface area contributed by atoms with Crippen LogP contribution in [0.15, 0.2) is 78.9 Å². The van der Waals surface area contributed by atoms with Crippen molar-refractivity contribution in [3.8, 4) is 11.5 Å². The molecule has 3 aromatic carbocycles. The van der Waals surface area contributed by atoms with Crippen LogP contribution in [-0.4, -0.2) is 12.5 Å². The molecule has 0 bridgehead atoms. The van der Waals surface area contributed by atoms with E-state index in [1.54, 1.807) is 0 Å². The van der Waals surface area contributed by atoms with Crippen LogP contribution in [-0.2, 0) is 11.4 Å². The molecule has 0 radical (unpaired) electrons. The molecule has 3 aromatic rings. The maximum atomic E-state index is 12.0. The Kier molecular flexibility index (Phi) is 5.88. The number of benzene rings is 3. The van der Waals surface area contributed by atoms with Crippen LogP contribution in [0.5, 0.6) is 11.5 Å². The Labute approximate surface area is 153 Å². The van der Waals surface area contributed by atoms with Gasteiger partial charge in [0, 0.05) is 5.69 Å². The van der Waals surface area contributed by atoms with Gasteiger partial charge < -0.3 is 14.8 Å². The Morgan fingerprint density at radius 1 is 0.846 bits per heavy atom. The van der Waals surface area contributed by atoms with Gasteiger partial charge in [-0.15, -0.1) is 0 Å². The highest BCUT2D eigenvalue weighted by atomic mass is 16.5. The number of anilines is 1. The zero-order chi connectivity index (χ0) is 18.2. The van der Waals surface area contributed by atoms with E-state index in [0.29, 0.717) is 18.0 Å². The third kappa shape index (κ3) is 5.38. The quantitative estimate of drug-likeness (QED) is 0.680. The highest BCUT2D eigenvalue weighted by Crippen LogP contribution is 2.17. The molecule has 0 aliphatic heterocycles. The maximum absolute atomic E-state index is 12.0. The number of amides is 1. The summed E-state index contributed by atoms with van der Waals surface area (Å²) in [6.07, 6.45) is 0. The van der Waals surface area contributed by atoms with Crippen molar-refractivity contribution in [2.24, 2.45) is 0 Å². The number of hydrogen-bond acceptors (Lipinski definition) is 3. The first-order valence-electron chi connectivity index (χ1n) is 8.45. The molecule has 0 aliphatic carbocycles. The zero-order valence-corrected chi connectivity index (χ0v) is 14.6. The van der Waals surface area contributed by atoms with E-state index >= 15 is 0 Å². The van der Waals surface area contributed by atoms with E-state index in [4.69, 9.17) is 9.47 Å². The van der Waals surface area contributed by atoms with Crippen molar-refractivity contribution in [1.29, 1.82) is 0 Å². The Bertz CT molecular complexity index is 845. The summed E-state index contributed by atoms with van der Waals surface area (Å²) in [5.74, 6) is 1.23. The second kappa shape index (κ2) is 8.72. The van der Waals surface area contributed by atoms with Gasteiger partial charge in [-0.25, -0.2) is 0 Å². The predicted molar refractivity (Wildman–Crippen MR) is 103 cm³/mol. The standard InChI is InChI=1S/C22H21NO3/c1-17-6-5-9-21(14-17)26-16-22(24)23-19-10-12-20(13-11-19)25-15-18-7-3-2-4-8-18/h2-14H,15-16H2,1H3,(H,23,24). The molecule has 0 saturated carbocycles. The summed E-state index contributed by atoms with van der Waals surface area (Å²) in [7, 11) is 0. The van der Waals surface area contributed by atoms with E-state index in [1.807, 2.05) is 85.8 Å². The summed E-state index contributed by atoms with van der Waals surface area (Å²) in [5, 5.41) is 2.81. The molecule has 1 amide bonds. The second-order valence-electron chi connectivity index (χ2n) is 5.95. The number of ether oxygens (including phenoxy) is 2. The van der Waals surface area contributed by atoms with Gasteiger partial charge in [0.2, 0.25) is 0 Å². The first kappa shape index (κ1) is 17.5. The van der Waals surface area contributed by atoms with E-state index in [2.05, 4.69) is 5.32 Å². The fourth-order valence-corrected chi connectivity index (χ4v) is 2.43. The lowest BCUT2D eigenvalue weighted by atomic mass is 10.2. The summed E-state index contributed by atoms with van der Waals surface area (Å²) >= 11 is 0. The monoisotopic (exact) mass is 347 g/mol. The number of aryl methyl sites for hydroxylation is 1. The maximum Gasteiger partial charge on any atom is 0.262 e. The summed E-state index contributed by atoms with van der Waals surface area (Å²) < 4.78 is 11.2. The number of rotatable bonds is 7. The highest BCUT2D eigenvalue weighted by molar-refractivity contribution is 5.91. The molecule has 132 valence electrons. The molecular formula is C22H21NO3. The molecule has 0 atom stereocenters. The molecule has 0 unspecified atom stereocenters. The minimum absolute atomic E-state index is 0.0320. The van der Waals surface area contributed by atoms with Crippen LogP contribution < -0.4 is 14.8 Å². The molecule has 1 N–H and O–H groups in total. The molecule has 3 rings (SSSR count). The van der Waals surface area contributed by atoms with E-state index in [9.17, 15) is 4.79 Å². The van der Waals surface area contributed by atoms with E-state index in [1.165, 1.54) is 0 Å². The molecule has 0 fully saturated rings. The fourth-order valence-electron chi connectivity index (χ4n) is 2.43. The predicted octanol–water partition coefficient (Wildman–Crippen LogP) is 4.59. The van der Waals surface area contributed by atoms with Crippen molar-refractivity contribution >= 4 is 11.6 Å². The van der Waals surface area contributed by atoms with Crippen molar-refractivity contribution in [2.45, 2.75) is 13.5 Å². The summed E-state index contributed by atoms with van der Waals surface area (Å²) in [6.45, 7) is 2.46. The highest BCUT2D eigenvalue weighted by Gasteiger charge is 2.04. The van der Waals surface area contributed by atoms with Gasteiger partial charge in [-0.2, -0.15) is 0 Å². The van der Waals surface area contributed by atoms with Crippen molar-refractivity contribution in [1.82, 2.24) is 0 Å². The van der Waals surface area contributed by atoms with Crippen LogP contribution in [0.2, 0.25) is 0 Å². The Morgan fingerprint density at radius 3 is 2.35 bits per heavy atom. The first-order valence-corrected chi connectivity index (χ1v) is 8.45. The summed E-state index contributed by atoms with van der Waals surface area (Å²) in [4.78, 5) is 12.0. The van der Waals surface area contributed by atoms with Crippen LogP contribution in [0, 0.1) is 6.92 Å². The third-order valence-electron chi connectivity index (χ3n) is 3.75. The van der Waals surface area contributed by atoms with E-state index in [-0.39, 0.29) is 12.5 Å². The van der Waals surface area contributed by atoms with E-state index in [0.717, 1.165) is 16.9 Å². The minimum atomic E-state index is -0.204. The fraction of sp³-hybridized carbons (Fsp3) is 0.136. The topological polar surface area (TPSA) is 47.6 Å². The first-order chi connectivity index (χ1) is 12.7. The van der Waals surface area contributed by atoms with Crippen molar-refractivity contribution in [3.63, 3.8) is 0 Å². The molecular weight excluding hydrogens is 326 g/mol. The number of carbonyl (C=O) groups is 1. The lowest BCUT2D eigenvalue weighted by Gasteiger charge is -2.09. The van der Waals surface area contributed by atoms with Gasteiger partial charge in [-0.3, -0.25) is 4.79 Å². The molecule has 0 spiro atoms. The molecule has 4 nitrogen and oxygen atoms in total. The minimum Gasteiger partial charge on any atom is -0.489 e. The molecule has 0 aliphatic rings. The molecule has 4 heteroatoms. The van der Waals surface area contributed by atoms with Gasteiger partial charge in [0.25, 0.3) is 5.91 Å². The SMILES string of the molecule is Cc1cccc(OCC(=O)Nc2ccc(OCc3ccccc3)cc2)c1. The second-order valence-corrected chi connectivity index (χ2v) is 5.95. The van der Waals surface area contributed by atoms with Gasteiger partial charge >= 0.3 is 0 Å². The van der Waals surface area contributed by atoms with Crippen LogP contribution in [0.3, 0.4) is 0 Å². The normalized spacial score (nSPS) is 10.2. The van der Waals surface area contributed by atoms with Crippen LogP contribution in [0.25, 0.3) is 0 Å². The third-order valence-corrected chi connectivity index (χ3v) is 3.75. The molecule has 0 aromatic heterocycles. The average molecular weight is 347 g/mol. The van der Waals surface area contributed by atoms with Crippen molar-refractivity contribution in [3.05, 3.63) is 90.0 Å². The molecule has 0 heterocycles. The summed E-state index contributed by atoms with van der Waals surface area (Å²) in [5.41, 5.74) is 2.90. The Morgan fingerprint density at radius 2 is 1.62 bits per heavy atom.